The van der Waals surface area contributed by atoms with Crippen LogP contribution >= 0.6 is 0 Å². The lowest BCUT2D eigenvalue weighted by Crippen LogP contribution is -2.63. The molecule has 10 heteroatoms. The lowest BCUT2D eigenvalue weighted by Gasteiger charge is -2.50. The lowest BCUT2D eigenvalue weighted by atomic mass is 9.58. The number of nitrogens with one attached hydrogen (secondary N) is 1. The molecule has 1 amide bonds. The van der Waals surface area contributed by atoms with E-state index in [0.717, 1.165) is 5.56 Å². The smallest absolute Gasteiger partial charge is 0.255 e. The molecule has 188 valence electrons. The number of amides is 1. The van der Waals surface area contributed by atoms with Gasteiger partial charge in [-0.15, -0.1) is 0 Å². The first-order chi connectivity index (χ1) is 16.3. The molecule has 3 aliphatic carbocycles. The molecule has 0 aliphatic heterocycles. The summed E-state index contributed by atoms with van der Waals surface area (Å²) in [6.07, 6.45) is 0.344. The summed E-state index contributed by atoms with van der Waals surface area (Å²) < 4.78 is 0. The highest BCUT2D eigenvalue weighted by atomic mass is 16.3. The van der Waals surface area contributed by atoms with E-state index in [9.17, 15) is 34.8 Å². The topological polar surface area (TPSA) is 173 Å². The number of hydrogen-bond acceptors (Lipinski definition) is 9. The van der Waals surface area contributed by atoms with Crippen molar-refractivity contribution >= 4 is 17.5 Å². The van der Waals surface area contributed by atoms with Crippen LogP contribution in [0.15, 0.2) is 34.8 Å². The molecule has 1 unspecified atom stereocenters. The largest absolute Gasteiger partial charge is 0.510 e. The quantitative estimate of drug-likeness (QED) is 0.327. The number of rotatable bonds is 5. The molecule has 7 N–H and O–H groups in total. The van der Waals surface area contributed by atoms with Gasteiger partial charge in [-0.05, 0) is 50.0 Å². The van der Waals surface area contributed by atoms with E-state index in [0.29, 0.717) is 12.1 Å². The third-order valence-corrected chi connectivity index (χ3v) is 7.40. The Balaban J connectivity index is 1.91. The Hall–Kier alpha value is -3.21. The molecule has 35 heavy (non-hydrogen) atoms. The number of fused-ring (bicyclic) bond motifs is 3. The highest BCUT2D eigenvalue weighted by Crippen LogP contribution is 2.52. The Morgan fingerprint density at radius 2 is 1.89 bits per heavy atom. The number of allylic oxidation sites excluding steroid dienone is 1. The third kappa shape index (κ3) is 3.55. The number of nitrogens with zero attached hydrogens (tertiary/aromatic N) is 1. The Morgan fingerprint density at radius 3 is 2.46 bits per heavy atom. The van der Waals surface area contributed by atoms with Crippen LogP contribution in [0.25, 0.3) is 0 Å². The first-order valence-electron chi connectivity index (χ1n) is 11.5. The molecule has 0 heterocycles. The maximum atomic E-state index is 13.6. The molecule has 0 radical (unpaired) electrons. The summed E-state index contributed by atoms with van der Waals surface area (Å²) >= 11 is 0. The van der Waals surface area contributed by atoms with Crippen molar-refractivity contribution in [3.05, 3.63) is 51.5 Å². The fourth-order valence-electron chi connectivity index (χ4n) is 5.79. The predicted molar refractivity (Wildman–Crippen MR) is 126 cm³/mol. The van der Waals surface area contributed by atoms with Gasteiger partial charge in [0, 0.05) is 24.1 Å². The van der Waals surface area contributed by atoms with Gasteiger partial charge in [0.15, 0.2) is 11.4 Å². The molecule has 0 saturated carbocycles. The zero-order chi connectivity index (χ0) is 26.0. The van der Waals surface area contributed by atoms with E-state index in [-0.39, 0.29) is 35.8 Å². The fraction of sp³-hybridized carbons (Fsp3) is 0.480. The number of carbonyl (C=O) groups is 3. The number of benzene rings is 1. The van der Waals surface area contributed by atoms with Gasteiger partial charge in [0.2, 0.25) is 5.78 Å². The molecule has 0 saturated heterocycles. The van der Waals surface area contributed by atoms with Crippen molar-refractivity contribution in [1.82, 2.24) is 10.2 Å². The Bertz CT molecular complexity index is 1200. The average molecular weight is 486 g/mol. The van der Waals surface area contributed by atoms with Gasteiger partial charge in [-0.25, -0.2) is 0 Å². The minimum atomic E-state index is -2.63. The van der Waals surface area contributed by atoms with Crippen molar-refractivity contribution in [2.45, 2.75) is 50.9 Å². The third-order valence-electron chi connectivity index (χ3n) is 7.40. The molecule has 0 aromatic heterocycles. The fourth-order valence-corrected chi connectivity index (χ4v) is 5.79. The van der Waals surface area contributed by atoms with E-state index in [2.05, 4.69) is 5.32 Å². The van der Waals surface area contributed by atoms with Crippen molar-refractivity contribution in [3.63, 3.8) is 0 Å². The van der Waals surface area contributed by atoms with Gasteiger partial charge in [-0.2, -0.15) is 0 Å². The molecule has 1 aromatic carbocycles. The molecule has 1 aromatic rings. The number of likely N-dealkylation sites (N-methyl/N-ethyl adjacent to an activating group) is 1. The van der Waals surface area contributed by atoms with Crippen LogP contribution in [0.5, 0.6) is 5.75 Å². The van der Waals surface area contributed by atoms with Gasteiger partial charge in [0.1, 0.15) is 22.8 Å². The number of aliphatic hydroxyl groups excluding tert-OH is 2. The van der Waals surface area contributed by atoms with E-state index in [1.54, 1.807) is 20.2 Å². The number of phenolic OH excluding ortho intramolecular Hbond substituents is 1. The molecule has 4 rings (SSSR count). The highest BCUT2D eigenvalue weighted by molar-refractivity contribution is 6.24. The number of nitrogens with two attached hydrogens (primary N) is 1. The number of primary amides is 1. The molecule has 3 aliphatic rings. The van der Waals surface area contributed by atoms with E-state index in [4.69, 9.17) is 5.73 Å². The first kappa shape index (κ1) is 24.9. The molecule has 0 bridgehead atoms. The Kier molecular flexibility index (Phi) is 6.03. The number of carbonyl (C=O) groups excluding carboxylic acids is 3. The average Bonchev–Trinajstić information content (AvgIpc) is 2.75. The minimum Gasteiger partial charge on any atom is -0.510 e. The van der Waals surface area contributed by atoms with E-state index < -0.39 is 58.0 Å². The SMILES string of the molecule is CC(C)NCc1ccc(O)c2c1C[C@H]1C[C@@H]3C(N(C)C)C(O)=C(C(N)=O)C(=O)[C@@]3(O)C(O)=C1C2=O. The molecule has 0 fully saturated rings. The lowest BCUT2D eigenvalue weighted by molar-refractivity contribution is -0.148. The first-order valence-corrected chi connectivity index (χ1v) is 11.5. The molecule has 0 spiro atoms. The highest BCUT2D eigenvalue weighted by Gasteiger charge is 2.63. The van der Waals surface area contributed by atoms with E-state index in [1.165, 1.54) is 11.0 Å². The number of phenols is 1. The van der Waals surface area contributed by atoms with Crippen molar-refractivity contribution < 1.29 is 34.8 Å². The van der Waals surface area contributed by atoms with Crippen LogP contribution < -0.4 is 11.1 Å². The monoisotopic (exact) mass is 485 g/mol. The minimum absolute atomic E-state index is 0.0221. The second-order valence-corrected chi connectivity index (χ2v) is 10.1. The number of aliphatic hydroxyl groups is 3. The number of ketones is 2. The van der Waals surface area contributed by atoms with Crippen molar-refractivity contribution in [2.75, 3.05) is 14.1 Å². The summed E-state index contributed by atoms with van der Waals surface area (Å²) in [5, 5.41) is 47.5. The van der Waals surface area contributed by atoms with Crippen molar-refractivity contribution in [1.29, 1.82) is 0 Å². The summed E-state index contributed by atoms with van der Waals surface area (Å²) in [6, 6.07) is 2.33. The van der Waals surface area contributed by atoms with Gasteiger partial charge >= 0.3 is 0 Å². The Morgan fingerprint density at radius 1 is 1.23 bits per heavy atom. The van der Waals surface area contributed by atoms with Crippen LogP contribution in [0.1, 0.15) is 41.8 Å². The molecular weight excluding hydrogens is 454 g/mol. The van der Waals surface area contributed by atoms with Gasteiger partial charge < -0.3 is 31.5 Å². The zero-order valence-electron chi connectivity index (χ0n) is 20.1. The number of hydrogen-bond donors (Lipinski definition) is 6. The number of Topliss-reactive ketones (excluding diaryl/α,β-unsaturated/α-hetero) is 2. The molecular formula is C25H31N3O7. The van der Waals surface area contributed by atoms with Crippen LogP contribution in [0.4, 0.5) is 0 Å². The van der Waals surface area contributed by atoms with Crippen LogP contribution in [0, 0.1) is 11.8 Å². The van der Waals surface area contributed by atoms with Gasteiger partial charge in [0.05, 0.1) is 11.6 Å². The van der Waals surface area contributed by atoms with Crippen molar-refractivity contribution in [3.8, 4) is 5.75 Å². The Labute approximate surface area is 202 Å². The van der Waals surface area contributed by atoms with Crippen molar-refractivity contribution in [2.24, 2.45) is 17.6 Å². The number of aromatic hydroxyl groups is 1. The van der Waals surface area contributed by atoms with Gasteiger partial charge in [0.25, 0.3) is 5.91 Å². The summed E-state index contributed by atoms with van der Waals surface area (Å²) in [5.41, 5.74) is 3.21. The van der Waals surface area contributed by atoms with Crippen LogP contribution in [0.3, 0.4) is 0 Å². The molecule has 10 nitrogen and oxygen atoms in total. The standard InChI is InChI=1S/C25H31N3O7/c1-10(2)27-9-11-5-6-15(29)17-13(11)7-12-8-14-19(28(3)4)21(31)18(24(26)34)23(33)25(14,35)22(32)16(12)20(17)30/h5-6,10,12,14,19,27,29,31-32,35H,7-9H2,1-4H3,(H2,26,34)/t12-,14+,19?,25-/m0/s1. The summed E-state index contributed by atoms with van der Waals surface area (Å²) in [7, 11) is 3.20. The maximum absolute atomic E-state index is 13.6. The van der Waals surface area contributed by atoms with Crippen LogP contribution in [-0.2, 0) is 22.6 Å². The summed E-state index contributed by atoms with van der Waals surface area (Å²) in [6.45, 7) is 4.43. The normalized spacial score (nSPS) is 28.4. The maximum Gasteiger partial charge on any atom is 0.255 e. The second-order valence-electron chi connectivity index (χ2n) is 10.1. The predicted octanol–water partition coefficient (Wildman–Crippen LogP) is 0.619. The molecule has 4 atom stereocenters. The second kappa shape index (κ2) is 8.47. The summed E-state index contributed by atoms with van der Waals surface area (Å²) in [5.74, 6) is -6.49. The van der Waals surface area contributed by atoms with Crippen LogP contribution in [0.2, 0.25) is 0 Å². The zero-order valence-corrected chi connectivity index (χ0v) is 20.1. The van der Waals surface area contributed by atoms with E-state index >= 15 is 0 Å². The van der Waals surface area contributed by atoms with Crippen LogP contribution in [-0.4, -0.2) is 74.6 Å². The summed E-state index contributed by atoms with van der Waals surface area (Å²) in [4.78, 5) is 40.4. The van der Waals surface area contributed by atoms with Gasteiger partial charge in [-0.1, -0.05) is 19.9 Å². The van der Waals surface area contributed by atoms with Gasteiger partial charge in [-0.3, -0.25) is 19.3 Å². The van der Waals surface area contributed by atoms with E-state index in [1.807, 2.05) is 13.8 Å².